The minimum Gasteiger partial charge on any atom is -0.462 e. The maximum absolute atomic E-state index is 12.9. The summed E-state index contributed by atoms with van der Waals surface area (Å²) in [7, 11) is 0. The smallest absolute Gasteiger partial charge is 0.306 e. The van der Waals surface area contributed by atoms with Crippen LogP contribution in [-0.2, 0) is 28.6 Å². The molecule has 1 unspecified atom stereocenters. The third-order valence-electron chi connectivity index (χ3n) is 14.5. The molecule has 0 bridgehead atoms. The Hall–Kier alpha value is -2.89. The largest absolute Gasteiger partial charge is 0.462 e. The first-order valence-corrected chi connectivity index (χ1v) is 32.8. The number of hydrogen-bond acceptors (Lipinski definition) is 6. The molecular formula is C69H124O6. The van der Waals surface area contributed by atoms with Gasteiger partial charge >= 0.3 is 17.9 Å². The predicted octanol–water partition coefficient (Wildman–Crippen LogP) is 22.3. The average Bonchev–Trinajstić information content (AvgIpc) is 3.41. The zero-order chi connectivity index (χ0) is 54.3. The fraction of sp³-hybridized carbons (Fsp3) is 0.812. The first kappa shape index (κ1) is 72.1. The predicted molar refractivity (Wildman–Crippen MR) is 325 cm³/mol. The molecule has 6 nitrogen and oxygen atoms in total. The lowest BCUT2D eigenvalue weighted by Gasteiger charge is -2.18. The number of allylic oxidation sites excluding steroid dienone is 10. The van der Waals surface area contributed by atoms with Gasteiger partial charge in [0.1, 0.15) is 13.2 Å². The average molecular weight is 1050 g/mol. The molecule has 0 aliphatic carbocycles. The van der Waals surface area contributed by atoms with E-state index >= 15 is 0 Å². The van der Waals surface area contributed by atoms with Crippen LogP contribution >= 0.6 is 0 Å². The molecule has 1 atom stereocenters. The van der Waals surface area contributed by atoms with E-state index in [1.807, 2.05) is 0 Å². The monoisotopic (exact) mass is 1050 g/mol. The van der Waals surface area contributed by atoms with Crippen molar-refractivity contribution < 1.29 is 28.6 Å². The summed E-state index contributed by atoms with van der Waals surface area (Å²) in [5.74, 6) is -0.885. The summed E-state index contributed by atoms with van der Waals surface area (Å²) in [4.78, 5) is 38.3. The van der Waals surface area contributed by atoms with Crippen molar-refractivity contribution >= 4 is 17.9 Å². The van der Waals surface area contributed by atoms with Crippen LogP contribution in [0.5, 0.6) is 0 Å². The summed E-state index contributed by atoms with van der Waals surface area (Å²) >= 11 is 0. The van der Waals surface area contributed by atoms with Crippen LogP contribution in [0.1, 0.15) is 342 Å². The molecule has 0 aliphatic heterocycles. The molecule has 0 heterocycles. The minimum atomic E-state index is -0.786. The van der Waals surface area contributed by atoms with Crippen LogP contribution in [0.15, 0.2) is 60.8 Å². The lowest BCUT2D eigenvalue weighted by atomic mass is 10.0. The van der Waals surface area contributed by atoms with Crippen LogP contribution < -0.4 is 0 Å². The number of hydrogen-bond donors (Lipinski definition) is 0. The second kappa shape index (κ2) is 63.6. The van der Waals surface area contributed by atoms with Crippen molar-refractivity contribution in [2.45, 2.75) is 348 Å². The van der Waals surface area contributed by atoms with Crippen molar-refractivity contribution in [3.63, 3.8) is 0 Å². The van der Waals surface area contributed by atoms with E-state index in [2.05, 4.69) is 81.5 Å². The lowest BCUT2D eigenvalue weighted by Crippen LogP contribution is -2.30. The minimum absolute atomic E-state index is 0.0808. The van der Waals surface area contributed by atoms with E-state index in [9.17, 15) is 14.4 Å². The maximum atomic E-state index is 12.9. The number of ether oxygens (including phenoxy) is 3. The van der Waals surface area contributed by atoms with Crippen LogP contribution in [0.3, 0.4) is 0 Å². The van der Waals surface area contributed by atoms with Gasteiger partial charge in [-0.1, -0.05) is 274 Å². The summed E-state index contributed by atoms with van der Waals surface area (Å²) in [5.41, 5.74) is 0. The van der Waals surface area contributed by atoms with E-state index in [-0.39, 0.29) is 31.1 Å². The fourth-order valence-electron chi connectivity index (χ4n) is 9.50. The van der Waals surface area contributed by atoms with Gasteiger partial charge < -0.3 is 14.2 Å². The Labute approximate surface area is 466 Å². The van der Waals surface area contributed by atoms with Gasteiger partial charge in [0.2, 0.25) is 0 Å². The van der Waals surface area contributed by atoms with E-state index in [0.29, 0.717) is 19.3 Å². The van der Waals surface area contributed by atoms with Crippen LogP contribution in [0, 0.1) is 0 Å². The molecule has 0 rings (SSSR count). The van der Waals surface area contributed by atoms with Crippen molar-refractivity contribution in [1.82, 2.24) is 0 Å². The van der Waals surface area contributed by atoms with Crippen LogP contribution in [0.25, 0.3) is 0 Å². The van der Waals surface area contributed by atoms with Gasteiger partial charge in [-0.2, -0.15) is 0 Å². The molecule has 75 heavy (non-hydrogen) atoms. The molecule has 0 fully saturated rings. The van der Waals surface area contributed by atoms with E-state index in [0.717, 1.165) is 89.9 Å². The van der Waals surface area contributed by atoms with Gasteiger partial charge in [0.05, 0.1) is 0 Å². The summed E-state index contributed by atoms with van der Waals surface area (Å²) in [6.45, 7) is 6.63. The molecule has 0 aromatic carbocycles. The Morgan fingerprint density at radius 2 is 0.480 bits per heavy atom. The van der Waals surface area contributed by atoms with Crippen LogP contribution in [-0.4, -0.2) is 37.2 Å². The highest BCUT2D eigenvalue weighted by molar-refractivity contribution is 5.71. The van der Waals surface area contributed by atoms with Crippen molar-refractivity contribution in [3.8, 4) is 0 Å². The highest BCUT2D eigenvalue weighted by Crippen LogP contribution is 2.16. The highest BCUT2D eigenvalue weighted by atomic mass is 16.6. The zero-order valence-corrected chi connectivity index (χ0v) is 50.1. The van der Waals surface area contributed by atoms with Gasteiger partial charge in [-0.3, -0.25) is 14.4 Å². The molecule has 0 aliphatic rings. The Morgan fingerprint density at radius 3 is 0.787 bits per heavy atom. The van der Waals surface area contributed by atoms with E-state index < -0.39 is 6.10 Å². The lowest BCUT2D eigenvalue weighted by molar-refractivity contribution is -0.167. The van der Waals surface area contributed by atoms with Crippen molar-refractivity contribution in [3.05, 3.63) is 60.8 Å². The molecule has 0 N–H and O–H groups in total. The number of esters is 3. The SMILES string of the molecule is CCCCC/C=C\C/C=C\C/C=C\CCCCCCCCC(=O)OC(COC(=O)CCCCCCC/C=C\CCCCCCCC)COC(=O)CCCCCCCCCCCCC/C=C\CCCCCCCCCC. The second-order valence-electron chi connectivity index (χ2n) is 22.0. The molecule has 436 valence electrons. The zero-order valence-electron chi connectivity index (χ0n) is 50.1. The summed E-state index contributed by atoms with van der Waals surface area (Å²) in [6, 6.07) is 0. The fourth-order valence-corrected chi connectivity index (χ4v) is 9.50. The molecule has 6 heteroatoms. The third kappa shape index (κ3) is 61.8. The topological polar surface area (TPSA) is 78.9 Å². The molecule has 0 aromatic rings. The molecule has 0 saturated carbocycles. The number of rotatable bonds is 60. The van der Waals surface area contributed by atoms with Gasteiger partial charge in [-0.25, -0.2) is 0 Å². The summed E-state index contributed by atoms with van der Waals surface area (Å²) < 4.78 is 16.9. The standard InChI is InChI=1S/C69H124O6/c1-4-7-10-13-16-19-22-25-28-30-32-33-34-35-37-38-41-44-47-50-53-56-59-62-68(71)74-65-66(64-73-67(70)61-58-55-52-49-46-43-40-27-24-21-18-15-12-9-6-3)75-69(72)63-60-57-54-51-48-45-42-39-36-31-29-26-23-20-17-14-11-8-5-2/h17,20,26-27,29-30,32,36,39-40,66H,4-16,18-19,21-25,28,31,33-35,37-38,41-65H2,1-3H3/b20-17-,29-26-,32-30-,39-36-,40-27-. The van der Waals surface area contributed by atoms with Gasteiger partial charge in [0.15, 0.2) is 6.10 Å². The first-order valence-electron chi connectivity index (χ1n) is 32.8. The second-order valence-corrected chi connectivity index (χ2v) is 22.0. The van der Waals surface area contributed by atoms with Gasteiger partial charge in [0.25, 0.3) is 0 Å². The maximum Gasteiger partial charge on any atom is 0.306 e. The molecule has 0 saturated heterocycles. The van der Waals surface area contributed by atoms with Gasteiger partial charge in [-0.05, 0) is 109 Å². The molecule has 0 radical (unpaired) electrons. The normalized spacial score (nSPS) is 12.4. The van der Waals surface area contributed by atoms with Crippen LogP contribution in [0.2, 0.25) is 0 Å². The Morgan fingerprint density at radius 1 is 0.267 bits per heavy atom. The molecular weight excluding hydrogens is 925 g/mol. The Kier molecular flexibility index (Phi) is 61.2. The molecule has 0 aromatic heterocycles. The van der Waals surface area contributed by atoms with Crippen LogP contribution in [0.4, 0.5) is 0 Å². The van der Waals surface area contributed by atoms with Crippen molar-refractivity contribution in [1.29, 1.82) is 0 Å². The van der Waals surface area contributed by atoms with E-state index in [1.54, 1.807) is 0 Å². The van der Waals surface area contributed by atoms with E-state index in [1.165, 1.54) is 212 Å². The highest BCUT2D eigenvalue weighted by Gasteiger charge is 2.19. The Bertz CT molecular complexity index is 1340. The quantitative estimate of drug-likeness (QED) is 0.0261. The Balaban J connectivity index is 4.35. The molecule has 0 spiro atoms. The number of carbonyl (C=O) groups is 3. The summed E-state index contributed by atoms with van der Waals surface area (Å²) in [6.07, 6.45) is 80.8. The molecule has 0 amide bonds. The van der Waals surface area contributed by atoms with Gasteiger partial charge in [-0.15, -0.1) is 0 Å². The third-order valence-corrected chi connectivity index (χ3v) is 14.5. The van der Waals surface area contributed by atoms with E-state index in [4.69, 9.17) is 14.2 Å². The van der Waals surface area contributed by atoms with Crippen molar-refractivity contribution in [2.75, 3.05) is 13.2 Å². The number of carbonyl (C=O) groups excluding carboxylic acids is 3. The first-order chi connectivity index (χ1) is 37.0. The van der Waals surface area contributed by atoms with Crippen molar-refractivity contribution in [2.24, 2.45) is 0 Å². The number of unbranched alkanes of at least 4 members (excludes halogenated alkanes) is 39. The van der Waals surface area contributed by atoms with Gasteiger partial charge in [0, 0.05) is 19.3 Å². The summed E-state index contributed by atoms with van der Waals surface area (Å²) in [5, 5.41) is 0.